The second kappa shape index (κ2) is 5.02. The van der Waals surface area contributed by atoms with Gasteiger partial charge in [-0.05, 0) is 37.1 Å². The standard InChI is InChI=1S/C15H13BrF2O/c1-9-3-8-12(14(18)13(9)17)15(2,19)10-4-6-11(16)7-5-10/h3-8,19H,1-2H3. The van der Waals surface area contributed by atoms with Crippen molar-refractivity contribution < 1.29 is 13.9 Å². The molecule has 0 bridgehead atoms. The smallest absolute Gasteiger partial charge is 0.165 e. The minimum Gasteiger partial charge on any atom is -0.381 e. The molecule has 0 aliphatic heterocycles. The van der Waals surface area contributed by atoms with E-state index in [9.17, 15) is 13.9 Å². The Morgan fingerprint density at radius 3 is 2.16 bits per heavy atom. The van der Waals surface area contributed by atoms with Crippen molar-refractivity contribution in [1.29, 1.82) is 0 Å². The summed E-state index contributed by atoms with van der Waals surface area (Å²) in [6.07, 6.45) is 0. The first-order valence-electron chi connectivity index (χ1n) is 5.77. The van der Waals surface area contributed by atoms with Gasteiger partial charge in [-0.25, -0.2) is 8.78 Å². The first-order chi connectivity index (χ1) is 8.84. The van der Waals surface area contributed by atoms with Crippen LogP contribution in [0.15, 0.2) is 40.9 Å². The largest absolute Gasteiger partial charge is 0.381 e. The summed E-state index contributed by atoms with van der Waals surface area (Å²) in [5, 5.41) is 10.5. The van der Waals surface area contributed by atoms with Crippen LogP contribution in [0.5, 0.6) is 0 Å². The van der Waals surface area contributed by atoms with Crippen LogP contribution < -0.4 is 0 Å². The molecule has 2 aromatic rings. The molecule has 2 aromatic carbocycles. The van der Waals surface area contributed by atoms with Crippen molar-refractivity contribution in [3.63, 3.8) is 0 Å². The normalized spacial score (nSPS) is 14.2. The predicted molar refractivity (Wildman–Crippen MR) is 73.9 cm³/mol. The minimum atomic E-state index is -1.58. The van der Waals surface area contributed by atoms with E-state index in [0.29, 0.717) is 5.56 Å². The van der Waals surface area contributed by atoms with Gasteiger partial charge in [0, 0.05) is 10.0 Å². The topological polar surface area (TPSA) is 20.2 Å². The van der Waals surface area contributed by atoms with E-state index in [-0.39, 0.29) is 11.1 Å². The molecule has 1 unspecified atom stereocenters. The Bertz CT molecular complexity index is 606. The number of hydrogen-bond donors (Lipinski definition) is 1. The quantitative estimate of drug-likeness (QED) is 0.872. The predicted octanol–water partition coefficient (Wildman–Crippen LogP) is 4.29. The van der Waals surface area contributed by atoms with E-state index < -0.39 is 17.2 Å². The van der Waals surface area contributed by atoms with Crippen LogP contribution >= 0.6 is 15.9 Å². The van der Waals surface area contributed by atoms with E-state index in [1.807, 2.05) is 0 Å². The van der Waals surface area contributed by atoms with Gasteiger partial charge < -0.3 is 5.11 Å². The number of rotatable bonds is 2. The molecule has 1 N–H and O–H groups in total. The fourth-order valence-corrected chi connectivity index (χ4v) is 2.22. The van der Waals surface area contributed by atoms with E-state index in [4.69, 9.17) is 0 Å². The molecule has 0 aliphatic rings. The van der Waals surface area contributed by atoms with Crippen molar-refractivity contribution in [1.82, 2.24) is 0 Å². The molecule has 0 amide bonds. The van der Waals surface area contributed by atoms with Gasteiger partial charge in [0.15, 0.2) is 11.6 Å². The van der Waals surface area contributed by atoms with Crippen LogP contribution in [0.1, 0.15) is 23.6 Å². The monoisotopic (exact) mass is 326 g/mol. The molecule has 0 saturated carbocycles. The van der Waals surface area contributed by atoms with Crippen LogP contribution in [-0.2, 0) is 5.60 Å². The molecule has 0 heterocycles. The van der Waals surface area contributed by atoms with Crippen LogP contribution in [0.2, 0.25) is 0 Å². The second-order valence-corrected chi connectivity index (χ2v) is 5.55. The highest BCUT2D eigenvalue weighted by molar-refractivity contribution is 9.10. The third kappa shape index (κ3) is 2.55. The summed E-state index contributed by atoms with van der Waals surface area (Å²) in [7, 11) is 0. The third-order valence-electron chi connectivity index (χ3n) is 3.21. The highest BCUT2D eigenvalue weighted by Crippen LogP contribution is 2.33. The Labute approximate surface area is 119 Å². The summed E-state index contributed by atoms with van der Waals surface area (Å²) in [5.74, 6) is -1.93. The minimum absolute atomic E-state index is 0.0714. The molecule has 4 heteroatoms. The summed E-state index contributed by atoms with van der Waals surface area (Å²) in [4.78, 5) is 0. The van der Waals surface area contributed by atoms with Crippen LogP contribution in [0, 0.1) is 18.6 Å². The second-order valence-electron chi connectivity index (χ2n) is 4.64. The van der Waals surface area contributed by atoms with Crippen molar-refractivity contribution in [3.8, 4) is 0 Å². The Balaban J connectivity index is 2.56. The lowest BCUT2D eigenvalue weighted by Crippen LogP contribution is -2.25. The molecule has 0 aromatic heterocycles. The van der Waals surface area contributed by atoms with Crippen LogP contribution in [0.25, 0.3) is 0 Å². The molecule has 0 fully saturated rings. The van der Waals surface area contributed by atoms with Gasteiger partial charge in [-0.1, -0.05) is 40.2 Å². The zero-order valence-electron chi connectivity index (χ0n) is 10.5. The molecular weight excluding hydrogens is 314 g/mol. The van der Waals surface area contributed by atoms with E-state index in [1.165, 1.54) is 26.0 Å². The third-order valence-corrected chi connectivity index (χ3v) is 3.73. The molecule has 100 valence electrons. The molecule has 19 heavy (non-hydrogen) atoms. The maximum Gasteiger partial charge on any atom is 0.165 e. The Morgan fingerprint density at radius 1 is 1.00 bits per heavy atom. The van der Waals surface area contributed by atoms with Crippen LogP contribution in [0.3, 0.4) is 0 Å². The lowest BCUT2D eigenvalue weighted by Gasteiger charge is -2.25. The highest BCUT2D eigenvalue weighted by atomic mass is 79.9. The lowest BCUT2D eigenvalue weighted by molar-refractivity contribution is 0.0969. The molecular formula is C15H13BrF2O. The van der Waals surface area contributed by atoms with Crippen molar-refractivity contribution in [3.05, 3.63) is 69.2 Å². The highest BCUT2D eigenvalue weighted by Gasteiger charge is 2.30. The fraction of sp³-hybridized carbons (Fsp3) is 0.200. The Morgan fingerprint density at radius 2 is 1.58 bits per heavy atom. The van der Waals surface area contributed by atoms with E-state index in [1.54, 1.807) is 24.3 Å². The fourth-order valence-electron chi connectivity index (χ4n) is 1.95. The zero-order valence-corrected chi connectivity index (χ0v) is 12.1. The number of benzene rings is 2. The Kier molecular flexibility index (Phi) is 3.74. The van der Waals surface area contributed by atoms with Crippen molar-refractivity contribution in [2.24, 2.45) is 0 Å². The summed E-state index contributed by atoms with van der Waals surface area (Å²) < 4.78 is 28.4. The van der Waals surface area contributed by atoms with E-state index in [0.717, 1.165) is 4.47 Å². The van der Waals surface area contributed by atoms with Gasteiger partial charge in [-0.3, -0.25) is 0 Å². The molecule has 1 nitrogen and oxygen atoms in total. The number of hydrogen-bond acceptors (Lipinski definition) is 1. The van der Waals surface area contributed by atoms with Crippen molar-refractivity contribution in [2.75, 3.05) is 0 Å². The van der Waals surface area contributed by atoms with Gasteiger partial charge in [-0.15, -0.1) is 0 Å². The Hall–Kier alpha value is -1.26. The van der Waals surface area contributed by atoms with Gasteiger partial charge in [0.2, 0.25) is 0 Å². The van der Waals surface area contributed by atoms with Gasteiger partial charge in [-0.2, -0.15) is 0 Å². The average Bonchev–Trinajstić information content (AvgIpc) is 2.36. The van der Waals surface area contributed by atoms with E-state index in [2.05, 4.69) is 15.9 Å². The number of halogens is 3. The van der Waals surface area contributed by atoms with Gasteiger partial charge in [0.05, 0.1) is 0 Å². The molecule has 1 atom stereocenters. The molecule has 2 rings (SSSR count). The van der Waals surface area contributed by atoms with Gasteiger partial charge >= 0.3 is 0 Å². The number of aliphatic hydroxyl groups is 1. The summed E-state index contributed by atoms with van der Waals surface area (Å²) in [6.45, 7) is 2.93. The summed E-state index contributed by atoms with van der Waals surface area (Å²) >= 11 is 3.29. The van der Waals surface area contributed by atoms with E-state index >= 15 is 0 Å². The molecule has 0 spiro atoms. The summed E-state index contributed by atoms with van der Waals surface area (Å²) in [6, 6.07) is 9.69. The van der Waals surface area contributed by atoms with Gasteiger partial charge in [0.1, 0.15) is 5.60 Å². The SMILES string of the molecule is Cc1ccc(C(C)(O)c2ccc(Br)cc2)c(F)c1F. The molecule has 0 aliphatic carbocycles. The molecule has 0 saturated heterocycles. The van der Waals surface area contributed by atoms with Crippen molar-refractivity contribution >= 4 is 15.9 Å². The first kappa shape index (κ1) is 14.2. The maximum atomic E-state index is 14.0. The maximum absolute atomic E-state index is 14.0. The van der Waals surface area contributed by atoms with Crippen LogP contribution in [0.4, 0.5) is 8.78 Å². The van der Waals surface area contributed by atoms with Crippen molar-refractivity contribution in [2.45, 2.75) is 19.4 Å². The number of aryl methyl sites for hydroxylation is 1. The zero-order chi connectivity index (χ0) is 14.2. The summed E-state index contributed by atoms with van der Waals surface area (Å²) in [5.41, 5.74) is -0.942. The van der Waals surface area contributed by atoms with Gasteiger partial charge in [0.25, 0.3) is 0 Å². The lowest BCUT2D eigenvalue weighted by atomic mass is 9.87. The van der Waals surface area contributed by atoms with Crippen LogP contribution in [-0.4, -0.2) is 5.11 Å². The average molecular weight is 327 g/mol. The first-order valence-corrected chi connectivity index (χ1v) is 6.57. The molecule has 0 radical (unpaired) electrons.